The molecule has 1 amide bonds. The Morgan fingerprint density at radius 2 is 2.25 bits per heavy atom. The second-order valence-corrected chi connectivity index (χ2v) is 4.79. The molecule has 20 heavy (non-hydrogen) atoms. The lowest BCUT2D eigenvalue weighted by Gasteiger charge is -2.14. The molecule has 0 bridgehead atoms. The molecule has 0 saturated heterocycles. The Bertz CT molecular complexity index is 651. The fourth-order valence-corrected chi connectivity index (χ4v) is 2.29. The number of nitrogens with zero attached hydrogens (tertiary/aromatic N) is 2. The molecule has 1 unspecified atom stereocenters. The van der Waals surface area contributed by atoms with E-state index in [4.69, 9.17) is 6.42 Å². The molecule has 2 rings (SSSR count). The first kappa shape index (κ1) is 14.1. The van der Waals surface area contributed by atoms with Crippen LogP contribution in [0.1, 0.15) is 38.6 Å². The van der Waals surface area contributed by atoms with E-state index >= 15 is 0 Å². The van der Waals surface area contributed by atoms with Crippen LogP contribution < -0.4 is 5.32 Å². The highest BCUT2D eigenvalue weighted by Crippen LogP contribution is 2.20. The first-order valence-corrected chi connectivity index (χ1v) is 6.85. The van der Waals surface area contributed by atoms with Gasteiger partial charge in [-0.25, -0.2) is 4.98 Å². The van der Waals surface area contributed by atoms with Gasteiger partial charge < -0.3 is 9.88 Å². The Balaban J connectivity index is 2.35. The van der Waals surface area contributed by atoms with Crippen molar-refractivity contribution in [2.24, 2.45) is 0 Å². The maximum atomic E-state index is 11.7. The van der Waals surface area contributed by atoms with Crippen LogP contribution in [0.4, 0.5) is 0 Å². The number of para-hydroxylation sites is 2. The number of nitrogens with one attached hydrogen (secondary N) is 1. The summed E-state index contributed by atoms with van der Waals surface area (Å²) in [5, 5.41) is 2.97. The Morgan fingerprint density at radius 3 is 2.95 bits per heavy atom. The van der Waals surface area contributed by atoms with Gasteiger partial charge in [-0.05, 0) is 25.5 Å². The van der Waals surface area contributed by atoms with Crippen LogP contribution in [0.2, 0.25) is 0 Å². The first-order valence-electron chi connectivity index (χ1n) is 6.85. The number of imidazole rings is 1. The molecule has 2 aromatic rings. The van der Waals surface area contributed by atoms with Crippen LogP contribution in [-0.2, 0) is 11.3 Å². The third-order valence-corrected chi connectivity index (χ3v) is 3.18. The molecule has 1 aromatic heterocycles. The summed E-state index contributed by atoms with van der Waals surface area (Å²) in [5.74, 6) is 3.49. The number of hydrogen-bond donors (Lipinski definition) is 1. The van der Waals surface area contributed by atoms with Crippen molar-refractivity contribution in [3.63, 3.8) is 0 Å². The van der Waals surface area contributed by atoms with Crippen molar-refractivity contribution in [1.29, 1.82) is 0 Å². The quantitative estimate of drug-likeness (QED) is 0.848. The third-order valence-electron chi connectivity index (χ3n) is 3.18. The summed E-state index contributed by atoms with van der Waals surface area (Å²) in [6.07, 6.45) is 6.80. The Hall–Kier alpha value is -2.28. The number of fused-ring (bicyclic) bond motifs is 1. The van der Waals surface area contributed by atoms with Crippen LogP contribution in [0.3, 0.4) is 0 Å². The van der Waals surface area contributed by atoms with Crippen molar-refractivity contribution in [3.05, 3.63) is 30.1 Å². The summed E-state index contributed by atoms with van der Waals surface area (Å²) < 4.78 is 1.98. The summed E-state index contributed by atoms with van der Waals surface area (Å²) in [6, 6.07) is 7.69. The van der Waals surface area contributed by atoms with Gasteiger partial charge in [0.05, 0.1) is 23.6 Å². The molecule has 0 spiro atoms. The topological polar surface area (TPSA) is 46.9 Å². The molecule has 4 nitrogen and oxygen atoms in total. The van der Waals surface area contributed by atoms with Gasteiger partial charge in [0.25, 0.3) is 0 Å². The van der Waals surface area contributed by atoms with E-state index in [2.05, 4.69) is 16.2 Å². The average molecular weight is 269 g/mol. The lowest BCUT2D eigenvalue weighted by molar-refractivity contribution is -0.121. The highest BCUT2D eigenvalue weighted by molar-refractivity contribution is 5.78. The molecule has 0 aliphatic rings. The Kier molecular flexibility index (Phi) is 4.41. The van der Waals surface area contributed by atoms with Crippen LogP contribution >= 0.6 is 0 Å². The summed E-state index contributed by atoms with van der Waals surface area (Å²) in [7, 11) is 0. The van der Waals surface area contributed by atoms with E-state index in [1.807, 2.05) is 42.7 Å². The van der Waals surface area contributed by atoms with E-state index in [1.54, 1.807) is 0 Å². The number of amides is 1. The van der Waals surface area contributed by atoms with E-state index < -0.39 is 0 Å². The van der Waals surface area contributed by atoms with Gasteiger partial charge in [0.1, 0.15) is 5.82 Å². The van der Waals surface area contributed by atoms with E-state index in [9.17, 15) is 4.79 Å². The zero-order valence-corrected chi connectivity index (χ0v) is 11.9. The molecule has 1 aromatic carbocycles. The smallest absolute Gasteiger partial charge is 0.220 e. The molecule has 1 N–H and O–H groups in total. The maximum Gasteiger partial charge on any atom is 0.220 e. The summed E-state index contributed by atoms with van der Waals surface area (Å²) in [5.41, 5.74) is 1.89. The van der Waals surface area contributed by atoms with Gasteiger partial charge >= 0.3 is 0 Å². The Morgan fingerprint density at radius 1 is 1.50 bits per heavy atom. The average Bonchev–Trinajstić information content (AvgIpc) is 2.79. The molecule has 0 aliphatic carbocycles. The van der Waals surface area contributed by atoms with Gasteiger partial charge in [-0.15, -0.1) is 6.42 Å². The van der Waals surface area contributed by atoms with Crippen molar-refractivity contribution in [2.45, 2.75) is 39.3 Å². The third kappa shape index (κ3) is 2.83. The predicted molar refractivity (Wildman–Crippen MR) is 80.0 cm³/mol. The summed E-state index contributed by atoms with van der Waals surface area (Å²) in [6.45, 7) is 4.36. The molecule has 1 atom stereocenters. The number of terminal acetylenes is 1. The lowest BCUT2D eigenvalue weighted by atomic mass is 10.2. The second kappa shape index (κ2) is 6.25. The van der Waals surface area contributed by atoms with Crippen molar-refractivity contribution in [3.8, 4) is 12.3 Å². The van der Waals surface area contributed by atoms with Crippen LogP contribution in [0.5, 0.6) is 0 Å². The second-order valence-electron chi connectivity index (χ2n) is 4.79. The molecular weight excluding hydrogens is 250 g/mol. The standard InChI is InChI=1S/C16H19N3O/c1-4-8-15(20)17-12(3)16-18-13-9-6-7-10-14(13)19(16)11-5-2/h2,6-7,9-10,12H,4,8,11H2,1,3H3,(H,17,20). The van der Waals surface area contributed by atoms with Gasteiger partial charge in [0, 0.05) is 6.42 Å². The fraction of sp³-hybridized carbons (Fsp3) is 0.375. The molecule has 4 heteroatoms. The van der Waals surface area contributed by atoms with Gasteiger partial charge in [-0.3, -0.25) is 4.79 Å². The first-order chi connectivity index (χ1) is 9.67. The molecule has 0 saturated carbocycles. The van der Waals surface area contributed by atoms with Crippen LogP contribution in [0, 0.1) is 12.3 Å². The molecule has 0 aliphatic heterocycles. The van der Waals surface area contributed by atoms with Gasteiger partial charge in [0.2, 0.25) is 5.91 Å². The van der Waals surface area contributed by atoms with Crippen LogP contribution in [-0.4, -0.2) is 15.5 Å². The fourth-order valence-electron chi connectivity index (χ4n) is 2.29. The van der Waals surface area contributed by atoms with Gasteiger partial charge in [0.15, 0.2) is 0 Å². The monoisotopic (exact) mass is 269 g/mol. The molecule has 0 radical (unpaired) electrons. The largest absolute Gasteiger partial charge is 0.346 e. The summed E-state index contributed by atoms with van der Waals surface area (Å²) >= 11 is 0. The van der Waals surface area contributed by atoms with E-state index in [0.29, 0.717) is 13.0 Å². The zero-order valence-electron chi connectivity index (χ0n) is 11.9. The number of hydrogen-bond acceptors (Lipinski definition) is 2. The lowest BCUT2D eigenvalue weighted by Crippen LogP contribution is -2.28. The SMILES string of the molecule is C#CCn1c(C(C)NC(=O)CCC)nc2ccccc21. The minimum atomic E-state index is -0.158. The molecule has 104 valence electrons. The molecule has 1 heterocycles. The number of rotatable bonds is 5. The number of carbonyl (C=O) groups is 1. The van der Waals surface area contributed by atoms with Crippen molar-refractivity contribution >= 4 is 16.9 Å². The minimum absolute atomic E-state index is 0.0410. The van der Waals surface area contributed by atoms with Crippen molar-refractivity contribution in [1.82, 2.24) is 14.9 Å². The Labute approximate surface area is 119 Å². The predicted octanol–water partition coefficient (Wildman–Crippen LogP) is 2.65. The zero-order chi connectivity index (χ0) is 14.5. The maximum absolute atomic E-state index is 11.7. The van der Waals surface area contributed by atoms with Crippen molar-refractivity contribution < 1.29 is 4.79 Å². The van der Waals surface area contributed by atoms with Gasteiger partial charge in [-0.2, -0.15) is 0 Å². The highest BCUT2D eigenvalue weighted by atomic mass is 16.1. The van der Waals surface area contributed by atoms with Crippen LogP contribution in [0.25, 0.3) is 11.0 Å². The molecular formula is C16H19N3O. The van der Waals surface area contributed by atoms with E-state index in [-0.39, 0.29) is 11.9 Å². The molecule has 0 fully saturated rings. The summed E-state index contributed by atoms with van der Waals surface area (Å²) in [4.78, 5) is 16.3. The van der Waals surface area contributed by atoms with Crippen LogP contribution in [0.15, 0.2) is 24.3 Å². The number of aromatic nitrogens is 2. The normalized spacial score (nSPS) is 12.1. The highest BCUT2D eigenvalue weighted by Gasteiger charge is 2.17. The number of carbonyl (C=O) groups excluding carboxylic acids is 1. The van der Waals surface area contributed by atoms with E-state index in [0.717, 1.165) is 23.3 Å². The number of benzene rings is 1. The minimum Gasteiger partial charge on any atom is -0.346 e. The van der Waals surface area contributed by atoms with Crippen molar-refractivity contribution in [2.75, 3.05) is 0 Å². The van der Waals surface area contributed by atoms with Gasteiger partial charge in [-0.1, -0.05) is 25.0 Å². The van der Waals surface area contributed by atoms with E-state index in [1.165, 1.54) is 0 Å².